The van der Waals surface area contributed by atoms with Crippen molar-refractivity contribution in [3.63, 3.8) is 0 Å². The zero-order chi connectivity index (χ0) is 69.4. The fourth-order valence-corrected chi connectivity index (χ4v) is 13.8. The third kappa shape index (κ3) is 64.8. The summed E-state index contributed by atoms with van der Waals surface area (Å²) in [6, 6.07) is 0. The third-order valence-electron chi connectivity index (χ3n) is 19.9. The first-order valence-electron chi connectivity index (χ1n) is 42.1. The van der Waals surface area contributed by atoms with Gasteiger partial charge in [0.05, 0.1) is 19.8 Å². The van der Waals surface area contributed by atoms with Gasteiger partial charge < -0.3 is 39.1 Å². The number of hydrogen-bond acceptors (Lipinski definition) is 11. The van der Waals surface area contributed by atoms with E-state index in [4.69, 9.17) is 14.2 Å². The number of carbonyl (C=O) groups is 4. The maximum atomic E-state index is 14.4. The second-order valence-electron chi connectivity index (χ2n) is 29.2. The van der Waals surface area contributed by atoms with Gasteiger partial charge in [0.25, 0.3) is 0 Å². The summed E-state index contributed by atoms with van der Waals surface area (Å²) in [5, 5.41) is 19.7. The predicted molar refractivity (Wildman–Crippen MR) is 404 cm³/mol. The molecular formula is C83H163N3O9. The maximum absolute atomic E-state index is 14.4. The monoisotopic (exact) mass is 1350 g/mol. The highest BCUT2D eigenvalue weighted by molar-refractivity contribution is 5.76. The molecule has 0 fully saturated rings. The highest BCUT2D eigenvalue weighted by Gasteiger charge is 2.25. The van der Waals surface area contributed by atoms with E-state index in [0.717, 1.165) is 232 Å². The van der Waals surface area contributed by atoms with E-state index in [-0.39, 0.29) is 43.3 Å². The molecule has 0 saturated carbocycles. The average Bonchev–Trinajstić information content (AvgIpc) is 1.61. The number of ether oxygens (including phenoxy) is 3. The Balaban J connectivity index is 5.37. The first-order chi connectivity index (χ1) is 46.6. The van der Waals surface area contributed by atoms with E-state index >= 15 is 0 Å². The number of aliphatic hydroxyl groups is 2. The van der Waals surface area contributed by atoms with Gasteiger partial charge in [-0.3, -0.25) is 19.2 Å². The minimum atomic E-state index is -0.110. The molecule has 0 aromatic carbocycles. The number of aliphatic hydroxyl groups excluding tert-OH is 2. The molecule has 0 aliphatic carbocycles. The summed E-state index contributed by atoms with van der Waals surface area (Å²) in [5.41, 5.74) is 0. The van der Waals surface area contributed by atoms with Crippen LogP contribution in [0.4, 0.5) is 0 Å². The van der Waals surface area contributed by atoms with Crippen molar-refractivity contribution in [1.82, 2.24) is 14.7 Å². The minimum Gasteiger partial charge on any atom is -0.466 e. The van der Waals surface area contributed by atoms with Crippen LogP contribution in [0.1, 0.15) is 420 Å². The van der Waals surface area contributed by atoms with Gasteiger partial charge in [-0.1, -0.05) is 279 Å². The maximum Gasteiger partial charge on any atom is 0.306 e. The van der Waals surface area contributed by atoms with Crippen LogP contribution < -0.4 is 0 Å². The molecule has 0 aliphatic rings. The number of nitrogens with zero attached hydrogens (tertiary/aromatic N) is 3. The molecule has 95 heavy (non-hydrogen) atoms. The molecule has 2 unspecified atom stereocenters. The van der Waals surface area contributed by atoms with Gasteiger partial charge >= 0.3 is 17.9 Å². The molecule has 0 spiro atoms. The zero-order valence-electron chi connectivity index (χ0n) is 64.3. The Bertz CT molecular complexity index is 1600. The normalized spacial score (nSPS) is 12.4. The van der Waals surface area contributed by atoms with Crippen molar-refractivity contribution in [3.05, 3.63) is 0 Å². The van der Waals surface area contributed by atoms with Crippen LogP contribution in [-0.2, 0) is 33.4 Å². The summed E-state index contributed by atoms with van der Waals surface area (Å²) in [4.78, 5) is 60.2. The molecule has 2 atom stereocenters. The summed E-state index contributed by atoms with van der Waals surface area (Å²) in [5.74, 6) is 0.487. The van der Waals surface area contributed by atoms with Gasteiger partial charge in [0, 0.05) is 51.9 Å². The summed E-state index contributed by atoms with van der Waals surface area (Å²) in [7, 11) is 0. The lowest BCUT2D eigenvalue weighted by Crippen LogP contribution is -2.37. The second-order valence-corrected chi connectivity index (χ2v) is 29.2. The van der Waals surface area contributed by atoms with Gasteiger partial charge in [0.1, 0.15) is 12.2 Å². The quantitative estimate of drug-likeness (QED) is 0.0341. The molecule has 0 aromatic rings. The Labute approximate surface area is 590 Å². The standard InChI is InChI=1S/C83H163N3O9/c1-7-13-19-24-28-41-55-69-86(80(89)61-47-35-29-38-51-65-84(70-72-87)66-52-39-30-36-48-63-82(91)94-78(58-44-32-25-20-14-8-2)59-45-33-26-21-15-9-3)76-77(57-43-23-17-11-5)75-79(60-46-34-27-22-16-10-4)95-83(92)64-49-37-31-40-53-67-85(71-73-88)68-54-42-50-62-81(90)93-74-56-18-12-6/h77-79,87-88H,7-76H2,1-6H3. The number of unbranched alkanes of at least 4 members (excludes halogenated alkanes) is 40. The van der Waals surface area contributed by atoms with Crippen molar-refractivity contribution < 1.29 is 43.6 Å². The lowest BCUT2D eigenvalue weighted by Gasteiger charge is -2.31. The van der Waals surface area contributed by atoms with Crippen LogP contribution in [0, 0.1) is 5.92 Å². The minimum absolute atomic E-state index is 0.00534. The molecule has 564 valence electrons. The van der Waals surface area contributed by atoms with Crippen molar-refractivity contribution in [2.75, 3.05) is 72.2 Å². The van der Waals surface area contributed by atoms with E-state index in [1.54, 1.807) is 0 Å². The van der Waals surface area contributed by atoms with Crippen LogP contribution >= 0.6 is 0 Å². The molecule has 0 heterocycles. The summed E-state index contributed by atoms with van der Waals surface area (Å²) < 4.78 is 18.0. The highest BCUT2D eigenvalue weighted by atomic mass is 16.5. The second kappa shape index (κ2) is 74.4. The molecular weight excluding hydrogens is 1180 g/mol. The van der Waals surface area contributed by atoms with Crippen LogP contribution in [-0.4, -0.2) is 133 Å². The largest absolute Gasteiger partial charge is 0.466 e. The Kier molecular flexibility index (Phi) is 72.6. The van der Waals surface area contributed by atoms with Gasteiger partial charge in [-0.05, 0) is 148 Å². The van der Waals surface area contributed by atoms with Crippen molar-refractivity contribution in [2.45, 2.75) is 433 Å². The van der Waals surface area contributed by atoms with Gasteiger partial charge in [0.2, 0.25) is 5.91 Å². The average molecular weight is 1350 g/mol. The third-order valence-corrected chi connectivity index (χ3v) is 19.9. The van der Waals surface area contributed by atoms with Gasteiger partial charge in [-0.25, -0.2) is 0 Å². The summed E-state index contributed by atoms with van der Waals surface area (Å²) in [6.07, 6.45) is 64.6. The molecule has 1 amide bonds. The topological polar surface area (TPSA) is 146 Å². The van der Waals surface area contributed by atoms with Gasteiger partial charge in [-0.15, -0.1) is 0 Å². The molecule has 12 nitrogen and oxygen atoms in total. The van der Waals surface area contributed by atoms with E-state index in [0.29, 0.717) is 50.7 Å². The fourth-order valence-electron chi connectivity index (χ4n) is 13.8. The van der Waals surface area contributed by atoms with Gasteiger partial charge in [0.15, 0.2) is 0 Å². The van der Waals surface area contributed by atoms with Crippen LogP contribution in [0.2, 0.25) is 0 Å². The fraction of sp³-hybridized carbons (Fsp3) is 0.952. The first kappa shape index (κ1) is 92.7. The zero-order valence-corrected chi connectivity index (χ0v) is 64.3. The van der Waals surface area contributed by atoms with Crippen LogP contribution in [0.5, 0.6) is 0 Å². The molecule has 0 bridgehead atoms. The Morgan fingerprint density at radius 1 is 0.295 bits per heavy atom. The smallest absolute Gasteiger partial charge is 0.306 e. The number of rotatable bonds is 78. The number of carbonyl (C=O) groups excluding carboxylic acids is 4. The molecule has 0 rings (SSSR count). The Hall–Kier alpha value is -2.28. The van der Waals surface area contributed by atoms with E-state index in [9.17, 15) is 29.4 Å². The number of amides is 1. The van der Waals surface area contributed by atoms with Crippen LogP contribution in [0.25, 0.3) is 0 Å². The number of esters is 3. The molecule has 2 N–H and O–H groups in total. The summed E-state index contributed by atoms with van der Waals surface area (Å²) in [6.45, 7) is 21.3. The van der Waals surface area contributed by atoms with Crippen LogP contribution in [0.3, 0.4) is 0 Å². The lowest BCUT2D eigenvalue weighted by atomic mass is 9.91. The predicted octanol–water partition coefficient (Wildman–Crippen LogP) is 22.5. The van der Waals surface area contributed by atoms with E-state index in [1.165, 1.54) is 167 Å². The molecule has 0 aromatic heterocycles. The molecule has 0 radical (unpaired) electrons. The highest BCUT2D eigenvalue weighted by Crippen LogP contribution is 2.26. The SMILES string of the molecule is CCCCCCCCCN(CC(CCCCCC)CC(CCCCCCCC)OC(=O)CCCCCCCN(CCO)CCCCCC(=O)OCCCCC)C(=O)CCCCCCCN(CCO)CCCCCCCC(=O)OC(CCCCCCCC)CCCCCCCC. The van der Waals surface area contributed by atoms with Crippen molar-refractivity contribution >= 4 is 23.8 Å². The van der Waals surface area contributed by atoms with Crippen molar-refractivity contribution in [3.8, 4) is 0 Å². The van der Waals surface area contributed by atoms with Crippen molar-refractivity contribution in [2.24, 2.45) is 5.92 Å². The summed E-state index contributed by atoms with van der Waals surface area (Å²) >= 11 is 0. The molecule has 12 heteroatoms. The molecule has 0 saturated heterocycles. The van der Waals surface area contributed by atoms with E-state index < -0.39 is 0 Å². The van der Waals surface area contributed by atoms with E-state index in [2.05, 4.69) is 56.2 Å². The first-order valence-corrected chi connectivity index (χ1v) is 42.1. The van der Waals surface area contributed by atoms with E-state index in [1.807, 2.05) is 0 Å². The number of hydrogen-bond donors (Lipinski definition) is 2. The Morgan fingerprint density at radius 3 is 1.00 bits per heavy atom. The van der Waals surface area contributed by atoms with Crippen molar-refractivity contribution in [1.29, 1.82) is 0 Å². The van der Waals surface area contributed by atoms with Crippen LogP contribution in [0.15, 0.2) is 0 Å². The lowest BCUT2D eigenvalue weighted by molar-refractivity contribution is -0.151. The Morgan fingerprint density at radius 2 is 0.589 bits per heavy atom. The molecule has 0 aliphatic heterocycles. The van der Waals surface area contributed by atoms with Gasteiger partial charge in [-0.2, -0.15) is 0 Å².